The number of hydrogen-bond donors (Lipinski definition) is 2. The van der Waals surface area contributed by atoms with Crippen molar-refractivity contribution in [1.82, 2.24) is 4.98 Å². The second kappa shape index (κ2) is 9.88. The molecule has 2 heterocycles. The molecular weight excluding hydrogens is 399 g/mol. The number of amides is 2. The summed E-state index contributed by atoms with van der Waals surface area (Å²) in [5.41, 5.74) is 0.982. The first-order valence-electron chi connectivity index (χ1n) is 10.1. The molecule has 2 aromatic heterocycles. The summed E-state index contributed by atoms with van der Waals surface area (Å²) >= 11 is 0. The summed E-state index contributed by atoms with van der Waals surface area (Å²) in [6.45, 7) is 7.51. The summed E-state index contributed by atoms with van der Waals surface area (Å²) in [7, 11) is 0. The fourth-order valence-corrected chi connectivity index (χ4v) is 3.12. The Labute approximate surface area is 180 Å². The van der Waals surface area contributed by atoms with Gasteiger partial charge in [0.05, 0.1) is 23.1 Å². The van der Waals surface area contributed by atoms with Gasteiger partial charge < -0.3 is 20.0 Å². The van der Waals surface area contributed by atoms with Crippen molar-refractivity contribution in [3.8, 4) is 0 Å². The maximum atomic E-state index is 14.2. The van der Waals surface area contributed by atoms with Gasteiger partial charge in [0.2, 0.25) is 0 Å². The van der Waals surface area contributed by atoms with Gasteiger partial charge in [-0.25, -0.2) is 9.37 Å². The lowest BCUT2D eigenvalue weighted by atomic mass is 10.2. The van der Waals surface area contributed by atoms with Gasteiger partial charge in [0.25, 0.3) is 11.8 Å². The Morgan fingerprint density at radius 1 is 1.10 bits per heavy atom. The lowest BCUT2D eigenvalue weighted by Gasteiger charge is -2.21. The number of furan rings is 1. The van der Waals surface area contributed by atoms with Gasteiger partial charge in [0.15, 0.2) is 0 Å². The Balaban J connectivity index is 1.71. The van der Waals surface area contributed by atoms with Gasteiger partial charge in [-0.1, -0.05) is 6.92 Å². The number of nitrogens with zero attached hydrogens (tertiary/aromatic N) is 2. The Morgan fingerprint density at radius 2 is 1.90 bits per heavy atom. The number of carbonyl (C=O) groups excluding carboxylic acids is 2. The number of halogens is 1. The molecule has 0 spiro atoms. The Hall–Kier alpha value is -3.68. The smallest absolute Gasteiger partial charge is 0.259 e. The molecule has 7 nitrogen and oxygen atoms in total. The maximum absolute atomic E-state index is 14.2. The molecule has 8 heteroatoms. The number of aromatic nitrogens is 1. The van der Waals surface area contributed by atoms with Crippen LogP contribution >= 0.6 is 0 Å². The van der Waals surface area contributed by atoms with Crippen LogP contribution in [0.2, 0.25) is 0 Å². The number of benzene rings is 1. The monoisotopic (exact) mass is 424 g/mol. The molecule has 0 unspecified atom stereocenters. The normalized spacial score (nSPS) is 10.6. The first-order valence-corrected chi connectivity index (χ1v) is 10.1. The minimum absolute atomic E-state index is 0.0463. The highest BCUT2D eigenvalue weighted by molar-refractivity contribution is 6.06. The molecule has 31 heavy (non-hydrogen) atoms. The number of rotatable bonds is 8. The van der Waals surface area contributed by atoms with Crippen molar-refractivity contribution >= 4 is 29.0 Å². The molecule has 0 aliphatic carbocycles. The van der Waals surface area contributed by atoms with Crippen LogP contribution in [0.4, 0.5) is 21.6 Å². The highest BCUT2D eigenvalue weighted by atomic mass is 19.1. The van der Waals surface area contributed by atoms with E-state index < -0.39 is 11.7 Å². The van der Waals surface area contributed by atoms with Crippen LogP contribution < -0.4 is 15.5 Å². The van der Waals surface area contributed by atoms with Crippen LogP contribution in [0.15, 0.2) is 53.3 Å². The number of pyridine rings is 1. The molecule has 2 N–H and O–H groups in total. The molecule has 0 radical (unpaired) electrons. The van der Waals surface area contributed by atoms with Crippen LogP contribution in [0.3, 0.4) is 0 Å². The van der Waals surface area contributed by atoms with E-state index in [0.29, 0.717) is 22.6 Å². The number of anilines is 3. The van der Waals surface area contributed by atoms with Crippen LogP contribution in [0.1, 0.15) is 46.7 Å². The molecule has 0 fully saturated rings. The zero-order valence-corrected chi connectivity index (χ0v) is 17.7. The maximum Gasteiger partial charge on any atom is 0.259 e. The van der Waals surface area contributed by atoms with Gasteiger partial charge in [-0.3, -0.25) is 9.59 Å². The molecule has 0 aliphatic heterocycles. The Kier molecular flexibility index (Phi) is 7.02. The predicted molar refractivity (Wildman–Crippen MR) is 118 cm³/mol. The molecule has 0 atom stereocenters. The average Bonchev–Trinajstić information content (AvgIpc) is 3.20. The Bertz CT molecular complexity index is 1060. The molecule has 0 saturated heterocycles. The standard InChI is InChI=1S/C23H25FN4O3/c1-4-11-28(5-2)21-9-6-16(14-25-21)22(29)26-17-7-8-19(24)20(13-17)27-23(30)18-10-12-31-15(18)3/h6-10,12-14H,4-5,11H2,1-3H3,(H,26,29)(H,27,30). The van der Waals surface area contributed by atoms with Gasteiger partial charge in [0.1, 0.15) is 17.4 Å². The van der Waals surface area contributed by atoms with Crippen molar-refractivity contribution in [1.29, 1.82) is 0 Å². The summed E-state index contributed by atoms with van der Waals surface area (Å²) in [6, 6.07) is 8.97. The number of carbonyl (C=O) groups is 2. The Morgan fingerprint density at radius 3 is 2.52 bits per heavy atom. The van der Waals surface area contributed by atoms with Crippen LogP contribution in [-0.2, 0) is 0 Å². The van der Waals surface area contributed by atoms with Crippen molar-refractivity contribution < 1.29 is 18.4 Å². The van der Waals surface area contributed by atoms with Crippen molar-refractivity contribution in [2.75, 3.05) is 28.6 Å². The first-order chi connectivity index (χ1) is 14.9. The number of hydrogen-bond acceptors (Lipinski definition) is 5. The summed E-state index contributed by atoms with van der Waals surface area (Å²) < 4.78 is 19.3. The molecule has 0 bridgehead atoms. The lowest BCUT2D eigenvalue weighted by Crippen LogP contribution is -2.24. The minimum atomic E-state index is -0.617. The van der Waals surface area contributed by atoms with E-state index in [-0.39, 0.29) is 11.6 Å². The summed E-state index contributed by atoms with van der Waals surface area (Å²) in [5.74, 6) is -0.261. The van der Waals surface area contributed by atoms with Crippen molar-refractivity contribution in [3.63, 3.8) is 0 Å². The van der Waals surface area contributed by atoms with E-state index in [9.17, 15) is 14.0 Å². The fourth-order valence-electron chi connectivity index (χ4n) is 3.12. The molecule has 0 aliphatic rings. The van der Waals surface area contributed by atoms with Crippen LogP contribution in [0.5, 0.6) is 0 Å². The van der Waals surface area contributed by atoms with Gasteiger partial charge in [-0.05, 0) is 56.7 Å². The first kappa shape index (κ1) is 22.0. The van der Waals surface area contributed by atoms with Crippen LogP contribution in [0, 0.1) is 12.7 Å². The van der Waals surface area contributed by atoms with E-state index in [2.05, 4.69) is 34.4 Å². The summed E-state index contributed by atoms with van der Waals surface area (Å²) in [5, 5.41) is 5.21. The molecule has 0 saturated carbocycles. The molecule has 3 aromatic rings. The van der Waals surface area contributed by atoms with E-state index in [4.69, 9.17) is 4.42 Å². The SMILES string of the molecule is CCCN(CC)c1ccc(C(=O)Nc2ccc(F)c(NC(=O)c3ccoc3C)c2)cn1. The van der Waals surface area contributed by atoms with E-state index in [0.717, 1.165) is 25.3 Å². The highest BCUT2D eigenvalue weighted by Gasteiger charge is 2.15. The lowest BCUT2D eigenvalue weighted by molar-refractivity contribution is 0.101. The van der Waals surface area contributed by atoms with Crippen LogP contribution in [0.25, 0.3) is 0 Å². The largest absolute Gasteiger partial charge is 0.469 e. The third kappa shape index (κ3) is 5.28. The minimum Gasteiger partial charge on any atom is -0.469 e. The highest BCUT2D eigenvalue weighted by Crippen LogP contribution is 2.22. The second-order valence-corrected chi connectivity index (χ2v) is 6.98. The molecule has 1 aromatic carbocycles. The second-order valence-electron chi connectivity index (χ2n) is 6.98. The molecular formula is C23H25FN4O3. The zero-order chi connectivity index (χ0) is 22.4. The van der Waals surface area contributed by atoms with Crippen molar-refractivity contribution in [2.24, 2.45) is 0 Å². The van der Waals surface area contributed by atoms with Crippen LogP contribution in [-0.4, -0.2) is 29.9 Å². The van der Waals surface area contributed by atoms with Gasteiger partial charge in [-0.15, -0.1) is 0 Å². The summed E-state index contributed by atoms with van der Waals surface area (Å²) in [4.78, 5) is 31.4. The zero-order valence-electron chi connectivity index (χ0n) is 17.7. The van der Waals surface area contributed by atoms with Gasteiger partial charge in [0, 0.05) is 25.0 Å². The topological polar surface area (TPSA) is 87.5 Å². The van der Waals surface area contributed by atoms with Crippen molar-refractivity contribution in [2.45, 2.75) is 27.2 Å². The van der Waals surface area contributed by atoms with E-state index in [1.165, 1.54) is 36.7 Å². The van der Waals surface area contributed by atoms with Gasteiger partial charge in [-0.2, -0.15) is 0 Å². The summed E-state index contributed by atoms with van der Waals surface area (Å²) in [6.07, 6.45) is 3.90. The molecule has 162 valence electrons. The van der Waals surface area contributed by atoms with Gasteiger partial charge >= 0.3 is 0 Å². The van der Waals surface area contributed by atoms with Crippen molar-refractivity contribution in [3.05, 3.63) is 71.6 Å². The molecule has 3 rings (SSSR count). The van der Waals surface area contributed by atoms with E-state index in [1.54, 1.807) is 19.1 Å². The van der Waals surface area contributed by atoms with E-state index in [1.807, 2.05) is 0 Å². The quantitative estimate of drug-likeness (QED) is 0.539. The molecule has 2 amide bonds. The number of nitrogens with one attached hydrogen (secondary N) is 2. The third-order valence-electron chi connectivity index (χ3n) is 4.79. The third-order valence-corrected chi connectivity index (χ3v) is 4.79. The average molecular weight is 424 g/mol. The number of aryl methyl sites for hydroxylation is 1. The predicted octanol–water partition coefficient (Wildman–Crippen LogP) is 4.86. The van der Waals surface area contributed by atoms with E-state index >= 15 is 0 Å². The fraction of sp³-hybridized carbons (Fsp3) is 0.261.